The summed E-state index contributed by atoms with van der Waals surface area (Å²) >= 11 is 6.03. The summed E-state index contributed by atoms with van der Waals surface area (Å²) in [6, 6.07) is 17.5. The average Bonchev–Trinajstić information content (AvgIpc) is 3.12. The Balaban J connectivity index is 1.96. The zero-order valence-electron chi connectivity index (χ0n) is 15.8. The lowest BCUT2D eigenvalue weighted by atomic mass is 9.91. The molecule has 148 valence electrons. The fourth-order valence-corrected chi connectivity index (χ4v) is 4.37. The van der Waals surface area contributed by atoms with Gasteiger partial charge in [-0.15, -0.1) is 0 Å². The van der Waals surface area contributed by atoms with Crippen molar-refractivity contribution in [2.45, 2.75) is 19.3 Å². The Labute approximate surface area is 171 Å². The molecule has 1 aliphatic rings. The number of hydrazone groups is 1. The van der Waals surface area contributed by atoms with Crippen LogP contribution in [0.5, 0.6) is 0 Å². The minimum Gasteiger partial charge on any atom is -0.254 e. The molecule has 0 aliphatic carbocycles. The summed E-state index contributed by atoms with van der Waals surface area (Å²) in [5.41, 5.74) is 2.89. The van der Waals surface area contributed by atoms with E-state index in [9.17, 15) is 8.42 Å². The van der Waals surface area contributed by atoms with E-state index in [1.165, 1.54) is 0 Å². The van der Waals surface area contributed by atoms with Gasteiger partial charge in [-0.3, -0.25) is 9.71 Å². The normalized spacial score (nSPS) is 17.5. The van der Waals surface area contributed by atoms with Crippen molar-refractivity contribution in [1.29, 1.82) is 0 Å². The maximum absolute atomic E-state index is 12.2. The van der Waals surface area contributed by atoms with Gasteiger partial charge in [0.1, 0.15) is 0 Å². The first-order valence-electron chi connectivity index (χ1n) is 9.07. The van der Waals surface area contributed by atoms with E-state index in [0.717, 1.165) is 16.8 Å². The molecule has 8 heteroatoms. The number of rotatable bonds is 5. The molecule has 28 heavy (non-hydrogen) atoms. The van der Waals surface area contributed by atoms with Gasteiger partial charge in [-0.2, -0.15) is 5.10 Å². The molecule has 0 amide bonds. The molecule has 2 aromatic rings. The largest absolute Gasteiger partial charge is 0.254 e. The molecule has 3 rings (SSSR count). The number of guanidine groups is 1. The van der Waals surface area contributed by atoms with E-state index >= 15 is 0 Å². The number of hydrogen-bond donors (Lipinski definition) is 1. The molecular weight excluding hydrogens is 396 g/mol. The highest BCUT2D eigenvalue weighted by atomic mass is 35.5. The second kappa shape index (κ2) is 8.75. The summed E-state index contributed by atoms with van der Waals surface area (Å²) in [7, 11) is -1.91. The molecule has 0 fully saturated rings. The Hall–Kier alpha value is -2.38. The van der Waals surface area contributed by atoms with Gasteiger partial charge in [-0.05, 0) is 29.7 Å². The highest BCUT2D eigenvalue weighted by molar-refractivity contribution is 7.90. The van der Waals surface area contributed by atoms with Crippen LogP contribution >= 0.6 is 11.6 Å². The van der Waals surface area contributed by atoms with Crippen LogP contribution in [0.4, 0.5) is 0 Å². The molecule has 0 saturated carbocycles. The van der Waals surface area contributed by atoms with Crippen LogP contribution in [0.3, 0.4) is 0 Å². The van der Waals surface area contributed by atoms with Gasteiger partial charge in [-0.25, -0.2) is 13.4 Å². The summed E-state index contributed by atoms with van der Waals surface area (Å²) in [4.78, 5) is 4.13. The summed E-state index contributed by atoms with van der Waals surface area (Å²) in [5.74, 6) is 0.239. The van der Waals surface area contributed by atoms with Crippen LogP contribution in [0.2, 0.25) is 5.02 Å². The molecular formula is C20H23ClN4O2S. The summed E-state index contributed by atoms with van der Waals surface area (Å²) in [6.07, 6.45) is 0.526. The molecule has 0 spiro atoms. The van der Waals surface area contributed by atoms with Gasteiger partial charge < -0.3 is 0 Å². The average molecular weight is 419 g/mol. The van der Waals surface area contributed by atoms with E-state index < -0.39 is 10.0 Å². The van der Waals surface area contributed by atoms with E-state index in [1.807, 2.05) is 61.5 Å². The topological polar surface area (TPSA) is 74.1 Å². The van der Waals surface area contributed by atoms with Gasteiger partial charge in [0.15, 0.2) is 0 Å². The molecule has 1 heterocycles. The summed E-state index contributed by atoms with van der Waals surface area (Å²) in [6.45, 7) is 2.31. The number of nitrogens with zero attached hydrogens (tertiary/aromatic N) is 3. The van der Waals surface area contributed by atoms with E-state index in [2.05, 4.69) is 9.71 Å². The molecule has 0 bridgehead atoms. The second-order valence-corrected chi connectivity index (χ2v) is 8.78. The number of benzene rings is 2. The predicted octanol–water partition coefficient (Wildman–Crippen LogP) is 3.46. The Morgan fingerprint density at radius 3 is 2.50 bits per heavy atom. The minimum absolute atomic E-state index is 0.0187. The van der Waals surface area contributed by atoms with Crippen molar-refractivity contribution < 1.29 is 8.42 Å². The first-order chi connectivity index (χ1) is 13.4. The Morgan fingerprint density at radius 2 is 1.89 bits per heavy atom. The maximum atomic E-state index is 12.2. The molecule has 1 N–H and O–H groups in total. The highest BCUT2D eigenvalue weighted by Crippen LogP contribution is 2.29. The van der Waals surface area contributed by atoms with Crippen molar-refractivity contribution in [3.63, 3.8) is 0 Å². The van der Waals surface area contributed by atoms with E-state index in [-0.39, 0.29) is 17.6 Å². The lowest BCUT2D eigenvalue weighted by Crippen LogP contribution is -2.42. The van der Waals surface area contributed by atoms with Crippen molar-refractivity contribution >= 4 is 33.3 Å². The van der Waals surface area contributed by atoms with Crippen LogP contribution in [0.1, 0.15) is 30.4 Å². The van der Waals surface area contributed by atoms with Crippen molar-refractivity contribution in [3.05, 3.63) is 70.7 Å². The third-order valence-corrected chi connectivity index (χ3v) is 6.12. The number of sulfonamides is 1. The Kier molecular flexibility index (Phi) is 6.36. The number of aliphatic imine (C=N–C) groups is 1. The molecule has 6 nitrogen and oxygen atoms in total. The second-order valence-electron chi connectivity index (χ2n) is 6.51. The molecule has 0 saturated heterocycles. The number of nitrogens with one attached hydrogen (secondary N) is 1. The van der Waals surface area contributed by atoms with Crippen molar-refractivity contribution in [3.8, 4) is 0 Å². The van der Waals surface area contributed by atoms with Crippen molar-refractivity contribution in [2.24, 2.45) is 10.1 Å². The SMILES string of the molecule is CCCS(=O)(=O)NC(=NC)N1CC(c2ccccc2)C(c2ccc(Cl)cc2)=N1. The van der Waals surface area contributed by atoms with Crippen LogP contribution in [-0.4, -0.2) is 44.4 Å². The van der Waals surface area contributed by atoms with E-state index in [1.54, 1.807) is 12.1 Å². The number of hydrogen-bond acceptors (Lipinski definition) is 4. The third-order valence-electron chi connectivity index (χ3n) is 4.43. The van der Waals surface area contributed by atoms with Crippen LogP contribution in [0.25, 0.3) is 0 Å². The van der Waals surface area contributed by atoms with Crippen LogP contribution in [0.15, 0.2) is 64.7 Å². The molecule has 1 aliphatic heterocycles. The molecule has 1 unspecified atom stereocenters. The predicted molar refractivity (Wildman–Crippen MR) is 114 cm³/mol. The molecule has 0 aromatic heterocycles. The third kappa shape index (κ3) is 4.72. The fraction of sp³-hybridized carbons (Fsp3) is 0.300. The van der Waals surface area contributed by atoms with Gasteiger partial charge in [0.05, 0.1) is 18.0 Å². The van der Waals surface area contributed by atoms with Crippen LogP contribution in [0, 0.1) is 0 Å². The Bertz CT molecular complexity index is 973. The van der Waals surface area contributed by atoms with Gasteiger partial charge in [0.25, 0.3) is 0 Å². The van der Waals surface area contributed by atoms with E-state index in [4.69, 9.17) is 16.7 Å². The standard InChI is InChI=1S/C20H23ClN4O2S/c1-3-13-28(26,27)24-20(22-2)25-14-18(15-7-5-4-6-8-15)19(23-25)16-9-11-17(21)12-10-16/h4-12,18H,3,13-14H2,1-2H3,(H,22,24). The smallest absolute Gasteiger partial charge is 0.235 e. The summed E-state index contributed by atoms with van der Waals surface area (Å²) in [5, 5.41) is 6.98. The first kappa shape index (κ1) is 20.4. The molecule has 2 aromatic carbocycles. The fourth-order valence-electron chi connectivity index (χ4n) is 3.13. The monoisotopic (exact) mass is 418 g/mol. The number of halogens is 1. The zero-order valence-corrected chi connectivity index (χ0v) is 17.4. The maximum Gasteiger partial charge on any atom is 0.235 e. The quantitative estimate of drug-likeness (QED) is 0.596. The van der Waals surface area contributed by atoms with Gasteiger partial charge in [-0.1, -0.05) is 61.0 Å². The van der Waals surface area contributed by atoms with Gasteiger partial charge in [0, 0.05) is 18.0 Å². The molecule has 0 radical (unpaired) electrons. The molecule has 1 atom stereocenters. The van der Waals surface area contributed by atoms with Gasteiger partial charge in [0.2, 0.25) is 16.0 Å². The van der Waals surface area contributed by atoms with Crippen molar-refractivity contribution in [2.75, 3.05) is 19.3 Å². The van der Waals surface area contributed by atoms with Crippen LogP contribution in [-0.2, 0) is 10.0 Å². The Morgan fingerprint density at radius 1 is 1.21 bits per heavy atom. The minimum atomic E-state index is -3.46. The lowest BCUT2D eigenvalue weighted by Gasteiger charge is -2.19. The van der Waals surface area contributed by atoms with Crippen LogP contribution < -0.4 is 4.72 Å². The summed E-state index contributed by atoms with van der Waals surface area (Å²) < 4.78 is 27.0. The van der Waals surface area contributed by atoms with E-state index in [0.29, 0.717) is 18.0 Å². The van der Waals surface area contributed by atoms with Gasteiger partial charge >= 0.3 is 0 Å². The lowest BCUT2D eigenvalue weighted by molar-refractivity contribution is 0.462. The zero-order chi connectivity index (χ0) is 20.1. The van der Waals surface area contributed by atoms with Crippen molar-refractivity contribution in [1.82, 2.24) is 9.73 Å². The highest BCUT2D eigenvalue weighted by Gasteiger charge is 2.32. The first-order valence-corrected chi connectivity index (χ1v) is 11.1.